The summed E-state index contributed by atoms with van der Waals surface area (Å²) in [6.07, 6.45) is 2.33. The van der Waals surface area contributed by atoms with Crippen molar-refractivity contribution in [3.8, 4) is 0 Å². The summed E-state index contributed by atoms with van der Waals surface area (Å²) < 4.78 is 47.8. The highest BCUT2D eigenvalue weighted by Crippen LogP contribution is 2.37. The molecule has 1 heterocycles. The molecule has 0 aromatic heterocycles. The predicted octanol–water partition coefficient (Wildman–Crippen LogP) is 8.65. The highest BCUT2D eigenvalue weighted by Gasteiger charge is 2.55. The SMILES string of the molecule is C=C[Si](C)(C=C)OCCC[Si]1(C)O[Si](C)(C=C)O[Si](C)(CCCO[Si](C=C)(C=C)c2ccccc2)O[Si](C)(CCCO[Si](C)(C=C)C=C)O1. The second kappa shape index (κ2) is 18.9. The molecule has 0 aliphatic carbocycles. The van der Waals surface area contributed by atoms with Crippen LogP contribution in [0.3, 0.4) is 0 Å². The molecule has 1 aromatic rings. The number of benzene rings is 1. The zero-order valence-electron chi connectivity index (χ0n) is 31.1. The Hall–Kier alpha value is -1.36. The molecule has 4 atom stereocenters. The largest absolute Gasteiger partial charge is 0.416 e. The van der Waals surface area contributed by atoms with Gasteiger partial charge in [-0.2, -0.15) is 0 Å². The van der Waals surface area contributed by atoms with Crippen LogP contribution in [0.15, 0.2) is 116 Å². The first-order valence-corrected chi connectivity index (χ1v) is 34.4. The lowest BCUT2D eigenvalue weighted by atomic mass is 10.4. The van der Waals surface area contributed by atoms with E-state index in [1.807, 2.05) is 58.1 Å². The van der Waals surface area contributed by atoms with E-state index < -0.39 is 59.2 Å². The van der Waals surface area contributed by atoms with Crippen molar-refractivity contribution in [3.63, 3.8) is 0 Å². The first kappa shape index (κ1) is 43.8. The Morgan fingerprint density at radius 1 is 0.551 bits per heavy atom. The Balaban J connectivity index is 2.31. The molecule has 1 aliphatic rings. The molecule has 0 spiro atoms. The summed E-state index contributed by atoms with van der Waals surface area (Å²) in [5, 5.41) is 1.13. The molecule has 0 radical (unpaired) electrons. The van der Waals surface area contributed by atoms with Gasteiger partial charge >= 0.3 is 34.2 Å². The maximum absolute atomic E-state index is 7.26. The fraction of sp³-hybridized carbons (Fsp3) is 0.429. The van der Waals surface area contributed by atoms with E-state index in [0.29, 0.717) is 19.8 Å². The van der Waals surface area contributed by atoms with Gasteiger partial charge in [0, 0.05) is 19.8 Å². The summed E-state index contributed by atoms with van der Waals surface area (Å²) in [4.78, 5) is 0. The monoisotopic (exact) mass is 790 g/mol. The Morgan fingerprint density at radius 2 is 0.918 bits per heavy atom. The molecule has 1 aliphatic heterocycles. The molecule has 49 heavy (non-hydrogen) atoms. The van der Waals surface area contributed by atoms with Gasteiger partial charge in [-0.05, 0) is 81.9 Å². The minimum atomic E-state index is -2.88. The third-order valence-electron chi connectivity index (χ3n) is 9.02. The molecule has 1 fully saturated rings. The van der Waals surface area contributed by atoms with Crippen LogP contribution in [0, 0.1) is 0 Å². The van der Waals surface area contributed by atoms with E-state index in [2.05, 4.69) is 97.5 Å². The molecule has 0 bridgehead atoms. The van der Waals surface area contributed by atoms with E-state index in [1.165, 1.54) is 0 Å². The third-order valence-corrected chi connectivity index (χ3v) is 35.2. The Morgan fingerprint density at radius 3 is 1.27 bits per heavy atom. The smallest absolute Gasteiger partial charge is 0.343 e. The van der Waals surface area contributed by atoms with Crippen molar-refractivity contribution in [2.45, 2.75) is 76.7 Å². The molecule has 0 saturated carbocycles. The van der Waals surface area contributed by atoms with Gasteiger partial charge in [-0.25, -0.2) is 0 Å². The van der Waals surface area contributed by atoms with Crippen molar-refractivity contribution in [2.24, 2.45) is 0 Å². The molecule has 2 rings (SSSR count). The number of rotatable bonds is 23. The van der Waals surface area contributed by atoms with Gasteiger partial charge < -0.3 is 29.7 Å². The molecule has 0 amide bonds. The van der Waals surface area contributed by atoms with E-state index in [0.717, 1.165) is 42.6 Å². The summed E-state index contributed by atoms with van der Waals surface area (Å²) in [5.41, 5.74) is 13.4. The average Bonchev–Trinajstić information content (AvgIpc) is 3.08. The van der Waals surface area contributed by atoms with Crippen LogP contribution >= 0.6 is 0 Å². The Bertz CT molecular complexity index is 1280. The normalized spacial score (nSPS) is 26.5. The Kier molecular flexibility index (Phi) is 16.9. The molecule has 272 valence electrons. The third kappa shape index (κ3) is 13.0. The summed E-state index contributed by atoms with van der Waals surface area (Å²) in [6.45, 7) is 42.7. The van der Waals surface area contributed by atoms with Crippen LogP contribution in [0.5, 0.6) is 0 Å². The van der Waals surface area contributed by atoms with E-state index in [-0.39, 0.29) is 0 Å². The van der Waals surface area contributed by atoms with E-state index in [9.17, 15) is 0 Å². The maximum atomic E-state index is 7.26. The van der Waals surface area contributed by atoms with Crippen LogP contribution in [0.2, 0.25) is 57.4 Å². The quantitative estimate of drug-likeness (QED) is 0.0813. The van der Waals surface area contributed by atoms with E-state index >= 15 is 0 Å². The van der Waals surface area contributed by atoms with Crippen LogP contribution in [-0.4, -0.2) is 79.0 Å². The van der Waals surface area contributed by atoms with Crippen LogP contribution < -0.4 is 5.19 Å². The summed E-state index contributed by atoms with van der Waals surface area (Å²) in [7, 11) is -18.2. The van der Waals surface area contributed by atoms with Crippen molar-refractivity contribution in [2.75, 3.05) is 19.8 Å². The summed E-state index contributed by atoms with van der Waals surface area (Å²) >= 11 is 0. The minimum Gasteiger partial charge on any atom is -0.416 e. The number of hydrogen-bond donors (Lipinski definition) is 0. The predicted molar refractivity (Wildman–Crippen MR) is 223 cm³/mol. The van der Waals surface area contributed by atoms with Crippen molar-refractivity contribution in [1.29, 1.82) is 0 Å². The van der Waals surface area contributed by atoms with Crippen LogP contribution in [-0.2, 0) is 29.7 Å². The van der Waals surface area contributed by atoms with Gasteiger partial charge in [0.1, 0.15) is 0 Å². The maximum Gasteiger partial charge on any atom is 0.343 e. The standard InChI is InChI=1S/C35H62O7Si7/c1-14-43(8,15-2)36-29-24-32-46(11)39-45(10,18-5)40-47(12,42-48(13,41-46)33-25-30-37-44(9,16-3)17-4)34-26-31-38-49(19-6,20-7)35-27-22-21-23-28-35/h14-23,27-28H,1-7,24-26,29-34H2,8-13H3. The van der Waals surface area contributed by atoms with Crippen molar-refractivity contribution in [1.82, 2.24) is 0 Å². The fourth-order valence-electron chi connectivity index (χ4n) is 5.87. The zero-order chi connectivity index (χ0) is 36.9. The molecule has 14 heteroatoms. The lowest BCUT2D eigenvalue weighted by Gasteiger charge is -2.49. The van der Waals surface area contributed by atoms with Crippen molar-refractivity contribution < 1.29 is 29.7 Å². The van der Waals surface area contributed by atoms with E-state index in [4.69, 9.17) is 29.7 Å². The van der Waals surface area contributed by atoms with Gasteiger partial charge in [-0.1, -0.05) is 70.2 Å². The topological polar surface area (TPSA) is 64.6 Å². The molecular formula is C35H62O7Si7. The van der Waals surface area contributed by atoms with Gasteiger partial charge in [0.25, 0.3) is 8.32 Å². The van der Waals surface area contributed by atoms with Gasteiger partial charge in [-0.15, -0.1) is 46.1 Å². The first-order chi connectivity index (χ1) is 23.0. The zero-order valence-corrected chi connectivity index (χ0v) is 38.1. The lowest BCUT2D eigenvalue weighted by molar-refractivity contribution is 0.219. The molecular weight excluding hydrogens is 729 g/mol. The van der Waals surface area contributed by atoms with Crippen LogP contribution in [0.1, 0.15) is 19.3 Å². The Labute approximate surface area is 305 Å². The number of hydrogen-bond acceptors (Lipinski definition) is 7. The fourth-order valence-corrected chi connectivity index (χ4v) is 31.9. The molecule has 1 aromatic carbocycles. The molecule has 1 saturated heterocycles. The second-order valence-corrected chi connectivity index (χ2v) is 37.9. The van der Waals surface area contributed by atoms with Gasteiger partial charge in [0.05, 0.1) is 0 Å². The van der Waals surface area contributed by atoms with Crippen molar-refractivity contribution in [3.05, 3.63) is 116 Å². The van der Waals surface area contributed by atoms with E-state index in [1.54, 1.807) is 0 Å². The highest BCUT2D eigenvalue weighted by atomic mass is 28.5. The van der Waals surface area contributed by atoms with Gasteiger partial charge in [0.15, 0.2) is 0 Å². The lowest BCUT2D eigenvalue weighted by Crippen LogP contribution is -2.67. The second-order valence-electron chi connectivity index (χ2n) is 13.6. The first-order valence-electron chi connectivity index (χ1n) is 17.2. The van der Waals surface area contributed by atoms with Crippen molar-refractivity contribution >= 4 is 64.4 Å². The van der Waals surface area contributed by atoms with Crippen LogP contribution in [0.4, 0.5) is 0 Å². The molecule has 0 N–H and O–H groups in total. The van der Waals surface area contributed by atoms with Gasteiger partial charge in [0.2, 0.25) is 16.6 Å². The molecule has 4 unspecified atom stereocenters. The summed E-state index contributed by atoms with van der Waals surface area (Å²) in [6, 6.07) is 12.4. The average molecular weight is 791 g/mol. The van der Waals surface area contributed by atoms with Gasteiger partial charge in [-0.3, -0.25) is 0 Å². The highest BCUT2D eigenvalue weighted by molar-refractivity contribution is 6.95. The minimum absolute atomic E-state index is 0.533. The van der Waals surface area contributed by atoms with Crippen LogP contribution in [0.25, 0.3) is 0 Å². The summed E-state index contributed by atoms with van der Waals surface area (Å²) in [5.74, 6) is 0. The molecule has 7 nitrogen and oxygen atoms in total.